The van der Waals surface area contributed by atoms with E-state index < -0.39 is 18.0 Å². The Morgan fingerprint density at radius 2 is 1.67 bits per heavy atom. The van der Waals surface area contributed by atoms with E-state index in [1.807, 2.05) is 18.7 Å². The van der Waals surface area contributed by atoms with Crippen LogP contribution in [0.15, 0.2) is 24.3 Å². The zero-order valence-electron chi connectivity index (χ0n) is 18.0. The summed E-state index contributed by atoms with van der Waals surface area (Å²) >= 11 is 5.90. The van der Waals surface area contributed by atoms with Gasteiger partial charge in [0.2, 0.25) is 0 Å². The van der Waals surface area contributed by atoms with Gasteiger partial charge in [0.05, 0.1) is 5.92 Å². The molecule has 4 atom stereocenters. The highest BCUT2D eigenvalue weighted by Gasteiger charge is 2.36. The molecule has 2 aliphatic heterocycles. The molecule has 30 heavy (non-hydrogen) atoms. The molecule has 2 saturated heterocycles. The lowest BCUT2D eigenvalue weighted by molar-refractivity contribution is -0.166. The first kappa shape index (κ1) is 22.6. The van der Waals surface area contributed by atoms with Crippen LogP contribution in [0.4, 0.5) is 0 Å². The molecule has 164 valence electrons. The number of nitrogens with zero attached hydrogens (tertiary/aromatic N) is 2. The summed E-state index contributed by atoms with van der Waals surface area (Å²) in [6.45, 7) is 6.64. The van der Waals surface area contributed by atoms with E-state index in [9.17, 15) is 14.4 Å². The lowest BCUT2D eigenvalue weighted by Gasteiger charge is -2.40. The van der Waals surface area contributed by atoms with Crippen LogP contribution in [0.5, 0.6) is 0 Å². The van der Waals surface area contributed by atoms with Gasteiger partial charge in [-0.3, -0.25) is 14.4 Å². The fourth-order valence-electron chi connectivity index (χ4n) is 4.52. The third kappa shape index (κ3) is 5.15. The summed E-state index contributed by atoms with van der Waals surface area (Å²) in [6, 6.07) is 7.05. The molecule has 2 aliphatic rings. The van der Waals surface area contributed by atoms with Crippen LogP contribution >= 0.6 is 11.6 Å². The average molecular weight is 435 g/mol. The van der Waals surface area contributed by atoms with Crippen LogP contribution in [0.25, 0.3) is 0 Å². The molecular weight excluding hydrogens is 404 g/mol. The minimum atomic E-state index is -0.817. The van der Waals surface area contributed by atoms with E-state index in [1.54, 1.807) is 36.1 Å². The van der Waals surface area contributed by atoms with Crippen molar-refractivity contribution in [2.24, 2.45) is 5.92 Å². The first-order valence-electron chi connectivity index (χ1n) is 10.9. The molecule has 0 spiro atoms. The number of rotatable bonds is 4. The van der Waals surface area contributed by atoms with Gasteiger partial charge in [0.1, 0.15) is 0 Å². The molecule has 2 heterocycles. The Morgan fingerprint density at radius 1 is 1.03 bits per heavy atom. The van der Waals surface area contributed by atoms with Gasteiger partial charge in [-0.25, -0.2) is 0 Å². The number of benzene rings is 1. The van der Waals surface area contributed by atoms with Gasteiger partial charge >= 0.3 is 5.97 Å². The van der Waals surface area contributed by atoms with Gasteiger partial charge in [0, 0.05) is 35.8 Å². The molecule has 7 heteroatoms. The predicted octanol–water partition coefficient (Wildman–Crippen LogP) is 3.91. The van der Waals surface area contributed by atoms with Gasteiger partial charge in [-0.1, -0.05) is 11.6 Å². The Balaban J connectivity index is 1.58. The second-order valence-electron chi connectivity index (χ2n) is 8.55. The predicted molar refractivity (Wildman–Crippen MR) is 115 cm³/mol. The van der Waals surface area contributed by atoms with Crippen LogP contribution in [0, 0.1) is 5.92 Å². The van der Waals surface area contributed by atoms with Gasteiger partial charge < -0.3 is 14.5 Å². The molecular formula is C23H31ClN2O4. The first-order chi connectivity index (χ1) is 14.3. The number of hydrogen-bond acceptors (Lipinski definition) is 4. The SMILES string of the molecule is C[C@H](OC(=O)[C@H]1CCCN(C(=O)c2ccc(Cl)cc2)C1)C(=O)N1[C@H](C)CCC[C@@H]1C. The summed E-state index contributed by atoms with van der Waals surface area (Å²) in [7, 11) is 0. The monoisotopic (exact) mass is 434 g/mol. The number of piperidine rings is 2. The van der Waals surface area contributed by atoms with Crippen molar-refractivity contribution in [2.75, 3.05) is 13.1 Å². The second kappa shape index (κ2) is 9.82. The van der Waals surface area contributed by atoms with E-state index in [2.05, 4.69) is 0 Å². The van der Waals surface area contributed by atoms with Crippen molar-refractivity contribution in [3.05, 3.63) is 34.9 Å². The molecule has 0 unspecified atom stereocenters. The van der Waals surface area contributed by atoms with Crippen LogP contribution in [-0.2, 0) is 14.3 Å². The van der Waals surface area contributed by atoms with Crippen LogP contribution in [-0.4, -0.2) is 58.9 Å². The van der Waals surface area contributed by atoms with Gasteiger partial charge in [-0.2, -0.15) is 0 Å². The summed E-state index contributed by atoms with van der Waals surface area (Å²) in [6.07, 6.45) is 3.62. The quantitative estimate of drug-likeness (QED) is 0.674. The smallest absolute Gasteiger partial charge is 0.311 e. The van der Waals surface area contributed by atoms with Crippen LogP contribution in [0.3, 0.4) is 0 Å². The van der Waals surface area contributed by atoms with E-state index in [4.69, 9.17) is 16.3 Å². The Hall–Kier alpha value is -2.08. The Kier molecular flexibility index (Phi) is 7.40. The molecule has 0 aromatic heterocycles. The van der Waals surface area contributed by atoms with Crippen LogP contribution in [0.1, 0.15) is 63.2 Å². The van der Waals surface area contributed by atoms with Crippen molar-refractivity contribution in [1.29, 1.82) is 0 Å². The molecule has 0 aliphatic carbocycles. The molecule has 3 rings (SSSR count). The number of hydrogen-bond donors (Lipinski definition) is 0. The summed E-state index contributed by atoms with van der Waals surface area (Å²) in [5.74, 6) is -1.07. The molecule has 6 nitrogen and oxygen atoms in total. The second-order valence-corrected chi connectivity index (χ2v) is 8.99. The highest BCUT2D eigenvalue weighted by molar-refractivity contribution is 6.30. The zero-order valence-corrected chi connectivity index (χ0v) is 18.7. The minimum absolute atomic E-state index is 0.121. The van der Waals surface area contributed by atoms with Crippen molar-refractivity contribution in [1.82, 2.24) is 9.80 Å². The number of ether oxygens (including phenoxy) is 1. The van der Waals surface area contributed by atoms with Crippen molar-refractivity contribution in [3.8, 4) is 0 Å². The maximum Gasteiger partial charge on any atom is 0.311 e. The number of esters is 1. The summed E-state index contributed by atoms with van der Waals surface area (Å²) in [4.78, 5) is 42.0. The Morgan fingerprint density at radius 3 is 2.30 bits per heavy atom. The van der Waals surface area contributed by atoms with Crippen molar-refractivity contribution >= 4 is 29.4 Å². The molecule has 0 bridgehead atoms. The fraction of sp³-hybridized carbons (Fsp3) is 0.609. The van der Waals surface area contributed by atoms with Gasteiger partial charge in [0.15, 0.2) is 6.10 Å². The number of halogens is 1. The molecule has 1 aromatic rings. The molecule has 2 fully saturated rings. The van der Waals surface area contributed by atoms with E-state index >= 15 is 0 Å². The van der Waals surface area contributed by atoms with Gasteiger partial charge in [0.25, 0.3) is 11.8 Å². The molecule has 1 aromatic carbocycles. The third-order valence-electron chi connectivity index (χ3n) is 6.22. The number of likely N-dealkylation sites (tertiary alicyclic amines) is 2. The van der Waals surface area contributed by atoms with Crippen molar-refractivity contribution in [2.45, 2.75) is 71.1 Å². The van der Waals surface area contributed by atoms with E-state index in [0.29, 0.717) is 30.1 Å². The van der Waals surface area contributed by atoms with Crippen molar-refractivity contribution < 1.29 is 19.1 Å². The average Bonchev–Trinajstić information content (AvgIpc) is 2.73. The van der Waals surface area contributed by atoms with Crippen LogP contribution in [0.2, 0.25) is 5.02 Å². The highest BCUT2D eigenvalue weighted by Crippen LogP contribution is 2.25. The molecule has 2 amide bonds. The lowest BCUT2D eigenvalue weighted by atomic mass is 9.96. The fourth-order valence-corrected chi connectivity index (χ4v) is 4.64. The van der Waals surface area contributed by atoms with E-state index in [-0.39, 0.29) is 23.9 Å². The maximum absolute atomic E-state index is 12.9. The standard InChI is InChI=1S/C23H31ClN2O4/c1-15-6-4-7-16(2)26(15)21(27)17(3)30-23(29)19-8-5-13-25(14-19)22(28)18-9-11-20(24)12-10-18/h9-12,15-17,19H,4-8,13-14H2,1-3H3/t15-,16+,17-,19-/m0/s1. The zero-order chi connectivity index (χ0) is 21.8. The number of carbonyl (C=O) groups excluding carboxylic acids is 3. The minimum Gasteiger partial charge on any atom is -0.452 e. The lowest BCUT2D eigenvalue weighted by Crippen LogP contribution is -2.52. The van der Waals surface area contributed by atoms with Gasteiger partial charge in [-0.05, 0) is 77.1 Å². The molecule has 0 radical (unpaired) electrons. The Labute approximate surface area is 183 Å². The molecule has 0 N–H and O–H groups in total. The summed E-state index contributed by atoms with van der Waals surface area (Å²) in [5.41, 5.74) is 0.546. The highest BCUT2D eigenvalue weighted by atomic mass is 35.5. The molecule has 0 saturated carbocycles. The summed E-state index contributed by atoms with van der Waals surface area (Å²) in [5, 5.41) is 0.572. The van der Waals surface area contributed by atoms with Gasteiger partial charge in [-0.15, -0.1) is 0 Å². The first-order valence-corrected chi connectivity index (χ1v) is 11.2. The maximum atomic E-state index is 12.9. The third-order valence-corrected chi connectivity index (χ3v) is 6.47. The number of amides is 2. The summed E-state index contributed by atoms with van der Waals surface area (Å²) < 4.78 is 5.57. The van der Waals surface area contributed by atoms with Crippen LogP contribution < -0.4 is 0 Å². The largest absolute Gasteiger partial charge is 0.452 e. The normalized spacial score (nSPS) is 25.5. The van der Waals surface area contributed by atoms with Crippen molar-refractivity contribution in [3.63, 3.8) is 0 Å². The van der Waals surface area contributed by atoms with E-state index in [1.165, 1.54) is 0 Å². The number of carbonyl (C=O) groups is 3. The Bertz CT molecular complexity index is 772. The topological polar surface area (TPSA) is 66.9 Å². The van der Waals surface area contributed by atoms with E-state index in [0.717, 1.165) is 25.7 Å².